The van der Waals surface area contributed by atoms with Crippen molar-refractivity contribution in [3.05, 3.63) is 81.2 Å². The molecule has 0 spiro atoms. The number of amides is 4. The standard InChI is InChI=1S/C29H30N4O7S2/c1-3-40-29(37)31-27(36)25-23-13-14-32(18(2)34)17-24(23)41-28(25)30-26(35)20-8-10-22(11-9-20)42(38,39)33-15-12-19-6-4-5-7-21(19)16-33/h4-11H,3,12-17H2,1-2H3,(H,30,35)(H,31,36,37). The molecule has 13 heteroatoms. The number of imide groups is 1. The van der Waals surface area contributed by atoms with Crippen LogP contribution in [0.25, 0.3) is 0 Å². The Morgan fingerprint density at radius 1 is 0.929 bits per heavy atom. The van der Waals surface area contributed by atoms with Crippen LogP contribution in [0.2, 0.25) is 0 Å². The maximum Gasteiger partial charge on any atom is 0.414 e. The average Bonchev–Trinajstić information content (AvgIpc) is 3.34. The van der Waals surface area contributed by atoms with E-state index < -0.39 is 27.9 Å². The van der Waals surface area contributed by atoms with Crippen molar-refractivity contribution in [3.63, 3.8) is 0 Å². The number of hydrogen-bond acceptors (Lipinski definition) is 8. The highest BCUT2D eigenvalue weighted by Crippen LogP contribution is 2.37. The van der Waals surface area contributed by atoms with E-state index in [1.165, 1.54) is 35.5 Å². The third-order valence-electron chi connectivity index (χ3n) is 7.30. The zero-order valence-corrected chi connectivity index (χ0v) is 24.8. The minimum atomic E-state index is -3.78. The summed E-state index contributed by atoms with van der Waals surface area (Å²) in [6, 6.07) is 13.4. The number of ether oxygens (including phenoxy) is 1. The number of benzene rings is 2. The molecule has 0 saturated carbocycles. The Bertz CT molecular complexity index is 1670. The normalized spacial score (nSPS) is 14.9. The molecule has 5 rings (SSSR count). The summed E-state index contributed by atoms with van der Waals surface area (Å²) in [5.41, 5.74) is 3.08. The van der Waals surface area contributed by atoms with Crippen molar-refractivity contribution in [1.29, 1.82) is 0 Å². The summed E-state index contributed by atoms with van der Waals surface area (Å²) < 4.78 is 32.9. The predicted molar refractivity (Wildman–Crippen MR) is 156 cm³/mol. The molecule has 0 radical (unpaired) electrons. The summed E-state index contributed by atoms with van der Waals surface area (Å²) in [5.74, 6) is -1.39. The van der Waals surface area contributed by atoms with Gasteiger partial charge in [-0.2, -0.15) is 4.31 Å². The molecule has 1 aromatic heterocycles. The highest BCUT2D eigenvalue weighted by atomic mass is 32.2. The van der Waals surface area contributed by atoms with Gasteiger partial charge in [-0.3, -0.25) is 19.7 Å². The van der Waals surface area contributed by atoms with Crippen molar-refractivity contribution < 1.29 is 32.3 Å². The van der Waals surface area contributed by atoms with E-state index >= 15 is 0 Å². The van der Waals surface area contributed by atoms with Gasteiger partial charge in [0.15, 0.2) is 0 Å². The highest BCUT2D eigenvalue weighted by Gasteiger charge is 2.31. The lowest BCUT2D eigenvalue weighted by atomic mass is 10.0. The van der Waals surface area contributed by atoms with Crippen LogP contribution < -0.4 is 10.6 Å². The second kappa shape index (κ2) is 12.0. The number of rotatable bonds is 6. The molecule has 3 heterocycles. The molecule has 0 atom stereocenters. The van der Waals surface area contributed by atoms with Crippen LogP contribution in [-0.4, -0.2) is 61.1 Å². The quantitative estimate of drug-likeness (QED) is 0.435. The van der Waals surface area contributed by atoms with Crippen LogP contribution in [0.4, 0.5) is 9.80 Å². The monoisotopic (exact) mass is 610 g/mol. The molecule has 0 saturated heterocycles. The van der Waals surface area contributed by atoms with E-state index in [4.69, 9.17) is 4.74 Å². The number of nitrogens with one attached hydrogen (secondary N) is 2. The fourth-order valence-electron chi connectivity index (χ4n) is 5.10. The van der Waals surface area contributed by atoms with Crippen LogP contribution in [-0.2, 0) is 45.5 Å². The van der Waals surface area contributed by atoms with Crippen molar-refractivity contribution >= 4 is 50.2 Å². The fourth-order valence-corrected chi connectivity index (χ4v) is 7.78. The number of carbonyl (C=O) groups is 4. The van der Waals surface area contributed by atoms with Gasteiger partial charge in [0.2, 0.25) is 15.9 Å². The summed E-state index contributed by atoms with van der Waals surface area (Å²) in [6.45, 7) is 4.46. The van der Waals surface area contributed by atoms with Crippen molar-refractivity contribution in [1.82, 2.24) is 14.5 Å². The van der Waals surface area contributed by atoms with Gasteiger partial charge < -0.3 is 15.0 Å². The molecule has 0 aliphatic carbocycles. The molecular formula is C29H30N4O7S2. The second-order valence-corrected chi connectivity index (χ2v) is 13.0. The summed E-state index contributed by atoms with van der Waals surface area (Å²) in [5, 5.41) is 5.16. The number of carbonyl (C=O) groups excluding carboxylic acids is 4. The van der Waals surface area contributed by atoms with Gasteiger partial charge in [0, 0.05) is 37.0 Å². The second-order valence-electron chi connectivity index (χ2n) is 9.91. The van der Waals surface area contributed by atoms with Gasteiger partial charge in [-0.15, -0.1) is 11.3 Å². The van der Waals surface area contributed by atoms with Crippen LogP contribution in [0.1, 0.15) is 56.1 Å². The number of nitrogens with zero attached hydrogens (tertiary/aromatic N) is 2. The Hall–Kier alpha value is -4.07. The van der Waals surface area contributed by atoms with Gasteiger partial charge in [0.1, 0.15) is 5.00 Å². The largest absolute Gasteiger partial charge is 0.450 e. The molecule has 3 aromatic rings. The minimum Gasteiger partial charge on any atom is -0.450 e. The van der Waals surface area contributed by atoms with Crippen molar-refractivity contribution in [2.45, 2.75) is 44.7 Å². The molecular weight excluding hydrogens is 580 g/mol. The van der Waals surface area contributed by atoms with Crippen LogP contribution >= 0.6 is 11.3 Å². The number of thiophene rings is 1. The molecule has 2 aliphatic rings. The Morgan fingerprint density at radius 3 is 2.33 bits per heavy atom. The molecule has 2 aromatic carbocycles. The smallest absolute Gasteiger partial charge is 0.414 e. The number of sulfonamides is 1. The van der Waals surface area contributed by atoms with Gasteiger partial charge in [0.25, 0.3) is 11.8 Å². The molecule has 4 amide bonds. The third kappa shape index (κ3) is 5.94. The van der Waals surface area contributed by atoms with Crippen LogP contribution in [0.5, 0.6) is 0 Å². The lowest BCUT2D eigenvalue weighted by Gasteiger charge is -2.28. The van der Waals surface area contributed by atoms with E-state index in [0.29, 0.717) is 31.5 Å². The topological polar surface area (TPSA) is 142 Å². The summed E-state index contributed by atoms with van der Waals surface area (Å²) in [7, 11) is -3.78. The molecule has 11 nitrogen and oxygen atoms in total. The van der Waals surface area contributed by atoms with Gasteiger partial charge >= 0.3 is 6.09 Å². The van der Waals surface area contributed by atoms with Gasteiger partial charge in [-0.05, 0) is 60.7 Å². The van der Waals surface area contributed by atoms with Crippen molar-refractivity contribution in [3.8, 4) is 0 Å². The number of fused-ring (bicyclic) bond motifs is 2. The molecule has 42 heavy (non-hydrogen) atoms. The molecule has 0 bridgehead atoms. The lowest BCUT2D eigenvalue weighted by molar-refractivity contribution is -0.129. The first kappa shape index (κ1) is 29.4. The molecule has 2 N–H and O–H groups in total. The van der Waals surface area contributed by atoms with Gasteiger partial charge in [-0.25, -0.2) is 13.2 Å². The summed E-state index contributed by atoms with van der Waals surface area (Å²) >= 11 is 1.15. The number of anilines is 1. The first-order valence-corrected chi connectivity index (χ1v) is 15.7. The van der Waals surface area contributed by atoms with E-state index in [-0.39, 0.29) is 46.6 Å². The molecule has 220 valence electrons. The summed E-state index contributed by atoms with van der Waals surface area (Å²) in [6.07, 6.45) is 0.0898. The predicted octanol–water partition coefficient (Wildman–Crippen LogP) is 3.54. The van der Waals surface area contributed by atoms with Gasteiger partial charge in [-0.1, -0.05) is 24.3 Å². The Kier molecular flexibility index (Phi) is 8.43. The van der Waals surface area contributed by atoms with Crippen molar-refractivity contribution in [2.24, 2.45) is 0 Å². The van der Waals surface area contributed by atoms with E-state index in [1.807, 2.05) is 24.3 Å². The van der Waals surface area contributed by atoms with E-state index in [9.17, 15) is 27.6 Å². The van der Waals surface area contributed by atoms with Gasteiger partial charge in [0.05, 0.1) is 23.6 Å². The highest BCUT2D eigenvalue weighted by molar-refractivity contribution is 7.89. The Labute approximate surface area is 247 Å². The Morgan fingerprint density at radius 2 is 1.64 bits per heavy atom. The molecule has 0 fully saturated rings. The Balaban J connectivity index is 1.36. The van der Waals surface area contributed by atoms with E-state index in [1.54, 1.807) is 11.8 Å². The van der Waals surface area contributed by atoms with Crippen molar-refractivity contribution in [2.75, 3.05) is 25.0 Å². The maximum atomic E-state index is 13.3. The van der Waals surface area contributed by atoms with E-state index in [2.05, 4.69) is 10.6 Å². The third-order valence-corrected chi connectivity index (χ3v) is 10.3. The average molecular weight is 611 g/mol. The minimum absolute atomic E-state index is 0.0730. The zero-order chi connectivity index (χ0) is 30.0. The summed E-state index contributed by atoms with van der Waals surface area (Å²) in [4.78, 5) is 52.7. The van der Waals surface area contributed by atoms with Crippen LogP contribution in [0, 0.1) is 0 Å². The van der Waals surface area contributed by atoms with E-state index in [0.717, 1.165) is 27.3 Å². The maximum absolute atomic E-state index is 13.3. The molecule has 2 aliphatic heterocycles. The SMILES string of the molecule is CCOC(=O)NC(=O)c1c(NC(=O)c2ccc(S(=O)(=O)N3CCc4ccccc4C3)cc2)sc2c1CCN(C(C)=O)C2. The first-order valence-electron chi connectivity index (χ1n) is 13.4. The zero-order valence-electron chi connectivity index (χ0n) is 23.1. The number of alkyl carbamates (subject to hydrolysis) is 1. The number of hydrogen-bond donors (Lipinski definition) is 2. The molecule has 0 unspecified atom stereocenters. The lowest BCUT2D eigenvalue weighted by Crippen LogP contribution is -2.36. The fraction of sp³-hybridized carbons (Fsp3) is 0.310. The van der Waals surface area contributed by atoms with Crippen LogP contribution in [0.3, 0.4) is 0 Å². The van der Waals surface area contributed by atoms with Crippen LogP contribution in [0.15, 0.2) is 53.4 Å². The first-order chi connectivity index (χ1) is 20.1.